The Morgan fingerprint density at radius 2 is 2.18 bits per heavy atom. The average molecular weight is 296 g/mol. The van der Waals surface area contributed by atoms with Gasteiger partial charge in [-0.1, -0.05) is 37.0 Å². The maximum Gasteiger partial charge on any atom is 0.218 e. The van der Waals surface area contributed by atoms with Crippen LogP contribution in [0, 0.1) is 0 Å². The van der Waals surface area contributed by atoms with Gasteiger partial charge in [0.2, 0.25) is 5.96 Å². The molecule has 0 unspecified atom stereocenters. The molecular formula is C18H24N4. The summed E-state index contributed by atoms with van der Waals surface area (Å²) in [7, 11) is 0. The highest BCUT2D eigenvalue weighted by Crippen LogP contribution is 2.22. The lowest BCUT2D eigenvalue weighted by Gasteiger charge is -2.14. The van der Waals surface area contributed by atoms with Crippen molar-refractivity contribution in [1.29, 1.82) is 0 Å². The molecule has 0 saturated heterocycles. The summed E-state index contributed by atoms with van der Waals surface area (Å²) in [5, 5.41) is 3.15. The van der Waals surface area contributed by atoms with E-state index in [4.69, 9.17) is 5.73 Å². The summed E-state index contributed by atoms with van der Waals surface area (Å²) in [5.74, 6) is 0.597. The molecule has 0 atom stereocenters. The van der Waals surface area contributed by atoms with Gasteiger partial charge in [-0.25, -0.2) is 9.98 Å². The molecule has 0 saturated carbocycles. The van der Waals surface area contributed by atoms with Crippen molar-refractivity contribution in [3.05, 3.63) is 60.4 Å². The van der Waals surface area contributed by atoms with Crippen molar-refractivity contribution in [2.75, 3.05) is 13.1 Å². The zero-order chi connectivity index (χ0) is 15.8. The van der Waals surface area contributed by atoms with Gasteiger partial charge in [-0.05, 0) is 30.4 Å². The van der Waals surface area contributed by atoms with Gasteiger partial charge in [-0.15, -0.1) is 6.58 Å². The van der Waals surface area contributed by atoms with Crippen LogP contribution in [-0.4, -0.2) is 24.8 Å². The zero-order valence-corrected chi connectivity index (χ0v) is 13.0. The summed E-state index contributed by atoms with van der Waals surface area (Å²) >= 11 is 0. The summed E-state index contributed by atoms with van der Waals surface area (Å²) in [5.41, 5.74) is 9.73. The van der Waals surface area contributed by atoms with Gasteiger partial charge in [0.25, 0.3) is 0 Å². The molecule has 0 fully saturated rings. The maximum atomic E-state index is 5.85. The second-order valence-corrected chi connectivity index (χ2v) is 5.30. The standard InChI is InChI=1S/C18H24N4/c1-3-12-20-18-21-13-16(10-11-17(22-18)14(2)19)15-8-6-4-5-7-9-15/h3-5,8,10H,1-2,6-7,9,11-13,19H2,(H,20,21)/b16-10+,22-17+. The highest BCUT2D eigenvalue weighted by Gasteiger charge is 2.11. The van der Waals surface area contributed by atoms with Gasteiger partial charge in [0.15, 0.2) is 0 Å². The smallest absolute Gasteiger partial charge is 0.218 e. The fourth-order valence-electron chi connectivity index (χ4n) is 2.40. The van der Waals surface area contributed by atoms with E-state index in [0.717, 1.165) is 25.0 Å². The molecule has 1 aliphatic carbocycles. The van der Waals surface area contributed by atoms with Crippen molar-refractivity contribution in [2.45, 2.75) is 25.7 Å². The van der Waals surface area contributed by atoms with Crippen LogP contribution in [0.3, 0.4) is 0 Å². The maximum absolute atomic E-state index is 5.85. The van der Waals surface area contributed by atoms with Crippen LogP contribution in [0.4, 0.5) is 0 Å². The Labute approximate surface area is 132 Å². The minimum absolute atomic E-state index is 0.488. The Hall–Kier alpha value is -2.36. The second kappa shape index (κ2) is 8.17. The molecule has 0 aromatic rings. The number of aliphatic imine (C=N–C) groups is 2. The molecular weight excluding hydrogens is 272 g/mol. The average Bonchev–Trinajstić information content (AvgIpc) is 2.75. The summed E-state index contributed by atoms with van der Waals surface area (Å²) < 4.78 is 0. The van der Waals surface area contributed by atoms with Gasteiger partial charge in [-0.3, -0.25) is 0 Å². The molecule has 4 nitrogen and oxygen atoms in total. The third kappa shape index (κ3) is 4.58. The molecule has 3 N–H and O–H groups in total. The first-order chi connectivity index (χ1) is 10.7. The molecule has 0 aromatic carbocycles. The van der Waals surface area contributed by atoms with Crippen LogP contribution < -0.4 is 11.1 Å². The predicted octanol–water partition coefficient (Wildman–Crippen LogP) is 3.03. The number of hydrogen-bond acceptors (Lipinski definition) is 4. The van der Waals surface area contributed by atoms with Gasteiger partial charge >= 0.3 is 0 Å². The highest BCUT2D eigenvalue weighted by atomic mass is 15.1. The molecule has 2 rings (SSSR count). The quantitative estimate of drug-likeness (QED) is 0.783. The number of allylic oxidation sites excluding steroid dienone is 5. The lowest BCUT2D eigenvalue weighted by molar-refractivity contribution is 0.944. The summed E-state index contributed by atoms with van der Waals surface area (Å²) in [6, 6.07) is 0. The molecule has 0 radical (unpaired) electrons. The highest BCUT2D eigenvalue weighted by molar-refractivity contribution is 6.06. The van der Waals surface area contributed by atoms with Crippen molar-refractivity contribution in [2.24, 2.45) is 15.7 Å². The van der Waals surface area contributed by atoms with E-state index < -0.39 is 0 Å². The summed E-state index contributed by atoms with van der Waals surface area (Å²) in [4.78, 5) is 9.06. The molecule has 0 amide bonds. The second-order valence-electron chi connectivity index (χ2n) is 5.30. The zero-order valence-electron chi connectivity index (χ0n) is 13.0. The van der Waals surface area contributed by atoms with Crippen molar-refractivity contribution in [3.63, 3.8) is 0 Å². The van der Waals surface area contributed by atoms with E-state index >= 15 is 0 Å². The molecule has 1 heterocycles. The first-order valence-electron chi connectivity index (χ1n) is 7.65. The van der Waals surface area contributed by atoms with E-state index in [1.54, 1.807) is 6.08 Å². The molecule has 22 heavy (non-hydrogen) atoms. The monoisotopic (exact) mass is 296 g/mol. The molecule has 4 heteroatoms. The van der Waals surface area contributed by atoms with Crippen LogP contribution in [-0.2, 0) is 0 Å². The number of hydrogen-bond donors (Lipinski definition) is 2. The van der Waals surface area contributed by atoms with E-state index in [0.29, 0.717) is 31.2 Å². The van der Waals surface area contributed by atoms with Crippen LogP contribution in [0.1, 0.15) is 25.7 Å². The van der Waals surface area contributed by atoms with Crippen LogP contribution >= 0.6 is 0 Å². The lowest BCUT2D eigenvalue weighted by Crippen LogP contribution is -2.25. The van der Waals surface area contributed by atoms with E-state index in [1.807, 2.05) is 0 Å². The van der Waals surface area contributed by atoms with E-state index in [2.05, 4.69) is 52.8 Å². The van der Waals surface area contributed by atoms with Crippen molar-refractivity contribution in [1.82, 2.24) is 5.32 Å². The Kier molecular flexibility index (Phi) is 5.95. The van der Waals surface area contributed by atoms with Crippen molar-refractivity contribution >= 4 is 11.7 Å². The van der Waals surface area contributed by atoms with Crippen LogP contribution in [0.2, 0.25) is 0 Å². The van der Waals surface area contributed by atoms with E-state index in [1.165, 1.54) is 11.1 Å². The van der Waals surface area contributed by atoms with Gasteiger partial charge in [0.1, 0.15) is 0 Å². The topological polar surface area (TPSA) is 62.8 Å². The van der Waals surface area contributed by atoms with E-state index in [9.17, 15) is 0 Å². The predicted molar refractivity (Wildman–Crippen MR) is 95.0 cm³/mol. The largest absolute Gasteiger partial charge is 0.398 e. The van der Waals surface area contributed by atoms with Gasteiger partial charge < -0.3 is 11.1 Å². The fourth-order valence-corrected chi connectivity index (χ4v) is 2.40. The molecule has 0 spiro atoms. The van der Waals surface area contributed by atoms with Gasteiger partial charge in [-0.2, -0.15) is 0 Å². The normalized spacial score (nSPS) is 23.5. The van der Waals surface area contributed by atoms with Gasteiger partial charge in [0.05, 0.1) is 12.3 Å². The first-order valence-corrected chi connectivity index (χ1v) is 7.65. The Morgan fingerprint density at radius 1 is 1.32 bits per heavy atom. The SMILES string of the molecule is C=CCNC1=NC/C(C2=CCC=CCC2)=C\C/C(C(=C)N)=N\1. The third-order valence-corrected chi connectivity index (χ3v) is 3.62. The van der Waals surface area contributed by atoms with Crippen molar-refractivity contribution < 1.29 is 0 Å². The van der Waals surface area contributed by atoms with Crippen LogP contribution in [0.15, 0.2) is 70.4 Å². The van der Waals surface area contributed by atoms with Crippen LogP contribution in [0.25, 0.3) is 0 Å². The number of nitrogens with two attached hydrogens (primary N) is 1. The minimum Gasteiger partial charge on any atom is -0.398 e. The Bertz CT molecular complexity index is 588. The number of nitrogens with one attached hydrogen (secondary N) is 1. The Morgan fingerprint density at radius 3 is 2.95 bits per heavy atom. The third-order valence-electron chi connectivity index (χ3n) is 3.62. The molecule has 2 aliphatic rings. The molecule has 1 aliphatic heterocycles. The Balaban J connectivity index is 2.24. The number of nitrogens with zero attached hydrogens (tertiary/aromatic N) is 2. The molecule has 0 aromatic heterocycles. The van der Waals surface area contributed by atoms with E-state index in [-0.39, 0.29) is 0 Å². The number of guanidine groups is 1. The van der Waals surface area contributed by atoms with Gasteiger partial charge in [0, 0.05) is 18.7 Å². The summed E-state index contributed by atoms with van der Waals surface area (Å²) in [6.07, 6.45) is 14.5. The minimum atomic E-state index is 0.488. The fraction of sp³-hybridized carbons (Fsp3) is 0.333. The van der Waals surface area contributed by atoms with Crippen molar-refractivity contribution in [3.8, 4) is 0 Å². The number of rotatable bonds is 4. The molecule has 0 bridgehead atoms. The van der Waals surface area contributed by atoms with Crippen LogP contribution in [0.5, 0.6) is 0 Å². The lowest BCUT2D eigenvalue weighted by atomic mass is 9.99. The summed E-state index contributed by atoms with van der Waals surface area (Å²) in [6.45, 7) is 8.77. The first kappa shape index (κ1) is 16.0. The molecule has 116 valence electrons.